The molecule has 1 aliphatic rings. The minimum Gasteiger partial charge on any atom is -0.346 e. The minimum atomic E-state index is -0.527. The molecule has 0 spiro atoms. The van der Waals surface area contributed by atoms with Gasteiger partial charge in [-0.05, 0) is 31.0 Å². The van der Waals surface area contributed by atoms with Crippen LogP contribution in [0.1, 0.15) is 42.2 Å². The number of hydrogen-bond acceptors (Lipinski definition) is 4. The van der Waals surface area contributed by atoms with Gasteiger partial charge >= 0.3 is 0 Å². The standard InChI is InChI=1S/C24H27F2N5O/c1-17(27-23(32)11-10-18-6-3-2-4-7-18)24-29-28-22-12-13-30(14-15-31(22)24)16-19-20(25)8-5-9-21(19)26/h2-9,17H,10-16H2,1H3,(H,27,32)/t17-/m1/s1. The lowest BCUT2D eigenvalue weighted by Crippen LogP contribution is -2.30. The van der Waals surface area contributed by atoms with Gasteiger partial charge in [0.05, 0.1) is 6.04 Å². The van der Waals surface area contributed by atoms with Gasteiger partial charge in [0.25, 0.3) is 0 Å². The monoisotopic (exact) mass is 439 g/mol. The fourth-order valence-electron chi connectivity index (χ4n) is 4.06. The highest BCUT2D eigenvalue weighted by Gasteiger charge is 2.23. The van der Waals surface area contributed by atoms with E-state index < -0.39 is 11.6 Å². The Hall–Kier alpha value is -3.13. The van der Waals surface area contributed by atoms with Gasteiger partial charge in [0, 0.05) is 44.6 Å². The van der Waals surface area contributed by atoms with Crippen molar-refractivity contribution in [1.29, 1.82) is 0 Å². The average Bonchev–Trinajstić information content (AvgIpc) is 3.09. The zero-order valence-corrected chi connectivity index (χ0v) is 18.1. The first-order valence-corrected chi connectivity index (χ1v) is 10.9. The van der Waals surface area contributed by atoms with Crippen molar-refractivity contribution in [2.45, 2.75) is 45.3 Å². The van der Waals surface area contributed by atoms with Crippen LogP contribution >= 0.6 is 0 Å². The van der Waals surface area contributed by atoms with Crippen molar-refractivity contribution in [3.8, 4) is 0 Å². The summed E-state index contributed by atoms with van der Waals surface area (Å²) >= 11 is 0. The maximum atomic E-state index is 14.0. The molecule has 0 fully saturated rings. The number of amides is 1. The molecule has 4 rings (SSSR count). The van der Waals surface area contributed by atoms with Crippen LogP contribution in [-0.4, -0.2) is 38.7 Å². The molecule has 0 unspecified atom stereocenters. The lowest BCUT2D eigenvalue weighted by molar-refractivity contribution is -0.121. The summed E-state index contributed by atoms with van der Waals surface area (Å²) in [4.78, 5) is 14.4. The molecule has 0 saturated heterocycles. The highest BCUT2D eigenvalue weighted by molar-refractivity contribution is 5.76. The van der Waals surface area contributed by atoms with E-state index in [1.54, 1.807) is 0 Å². The maximum absolute atomic E-state index is 14.0. The molecule has 32 heavy (non-hydrogen) atoms. The zero-order chi connectivity index (χ0) is 22.5. The van der Waals surface area contributed by atoms with E-state index in [2.05, 4.69) is 15.5 Å². The Balaban J connectivity index is 1.35. The molecule has 2 aromatic carbocycles. The van der Waals surface area contributed by atoms with Crippen LogP contribution in [0.5, 0.6) is 0 Å². The van der Waals surface area contributed by atoms with Crippen molar-refractivity contribution in [3.63, 3.8) is 0 Å². The van der Waals surface area contributed by atoms with Gasteiger partial charge in [0.15, 0.2) is 5.82 Å². The summed E-state index contributed by atoms with van der Waals surface area (Å²) in [6, 6.07) is 13.6. The van der Waals surface area contributed by atoms with E-state index >= 15 is 0 Å². The van der Waals surface area contributed by atoms with Crippen LogP contribution in [0.2, 0.25) is 0 Å². The zero-order valence-electron chi connectivity index (χ0n) is 18.1. The molecule has 1 N–H and O–H groups in total. The van der Waals surface area contributed by atoms with Crippen molar-refractivity contribution >= 4 is 5.91 Å². The first-order valence-electron chi connectivity index (χ1n) is 10.9. The SMILES string of the molecule is C[C@@H](NC(=O)CCc1ccccc1)c1nnc2n1CCN(Cc1c(F)cccc1F)CC2. The molecule has 1 aromatic heterocycles. The van der Waals surface area contributed by atoms with Crippen LogP contribution in [0.15, 0.2) is 48.5 Å². The van der Waals surface area contributed by atoms with E-state index in [1.807, 2.05) is 46.7 Å². The number of aromatic nitrogens is 3. The number of hydrogen-bond donors (Lipinski definition) is 1. The number of aryl methyl sites for hydroxylation is 1. The Kier molecular flexibility index (Phi) is 6.90. The normalized spacial score (nSPS) is 15.1. The highest BCUT2D eigenvalue weighted by Crippen LogP contribution is 2.19. The second-order valence-corrected chi connectivity index (χ2v) is 8.13. The topological polar surface area (TPSA) is 63.1 Å². The van der Waals surface area contributed by atoms with E-state index in [-0.39, 0.29) is 24.1 Å². The molecule has 1 amide bonds. The second-order valence-electron chi connectivity index (χ2n) is 8.13. The molecule has 1 aliphatic heterocycles. The summed E-state index contributed by atoms with van der Waals surface area (Å²) in [5.74, 6) is 0.431. The third-order valence-corrected chi connectivity index (χ3v) is 5.84. The third-order valence-electron chi connectivity index (χ3n) is 5.84. The third kappa shape index (κ3) is 5.19. The largest absolute Gasteiger partial charge is 0.346 e. The first-order chi connectivity index (χ1) is 15.5. The Labute approximate surface area is 186 Å². The van der Waals surface area contributed by atoms with E-state index in [0.717, 1.165) is 11.4 Å². The van der Waals surface area contributed by atoms with Gasteiger partial charge in [0.2, 0.25) is 5.91 Å². The van der Waals surface area contributed by atoms with Gasteiger partial charge in [-0.25, -0.2) is 8.78 Å². The smallest absolute Gasteiger partial charge is 0.220 e. The lowest BCUT2D eigenvalue weighted by Gasteiger charge is -2.20. The number of carbonyl (C=O) groups excluding carboxylic acids is 1. The number of halogens is 2. The van der Waals surface area contributed by atoms with Crippen molar-refractivity contribution in [2.75, 3.05) is 13.1 Å². The molecule has 0 radical (unpaired) electrons. The molecule has 1 atom stereocenters. The van der Waals surface area contributed by atoms with E-state index in [4.69, 9.17) is 0 Å². The molecular weight excluding hydrogens is 412 g/mol. The minimum absolute atomic E-state index is 0.0380. The van der Waals surface area contributed by atoms with Gasteiger partial charge in [-0.15, -0.1) is 10.2 Å². The fraction of sp³-hybridized carbons (Fsp3) is 0.375. The molecule has 0 bridgehead atoms. The molecule has 3 aromatic rings. The van der Waals surface area contributed by atoms with Crippen molar-refractivity contribution in [2.24, 2.45) is 0 Å². The van der Waals surface area contributed by atoms with Gasteiger partial charge < -0.3 is 9.88 Å². The number of benzene rings is 2. The summed E-state index contributed by atoms with van der Waals surface area (Å²) in [6.45, 7) is 3.94. The lowest BCUT2D eigenvalue weighted by atomic mass is 10.1. The number of rotatable bonds is 7. The quantitative estimate of drug-likeness (QED) is 0.613. The predicted molar refractivity (Wildman–Crippen MR) is 117 cm³/mol. The van der Waals surface area contributed by atoms with Gasteiger partial charge in [-0.3, -0.25) is 9.69 Å². The summed E-state index contributed by atoms with van der Waals surface area (Å²) in [5, 5.41) is 11.6. The van der Waals surface area contributed by atoms with Gasteiger partial charge in [-0.1, -0.05) is 36.4 Å². The molecule has 6 nitrogen and oxygen atoms in total. The Morgan fingerprint density at radius 3 is 2.53 bits per heavy atom. The van der Waals surface area contributed by atoms with E-state index in [1.165, 1.54) is 18.2 Å². The molecule has 0 saturated carbocycles. The van der Waals surface area contributed by atoms with Gasteiger partial charge in [-0.2, -0.15) is 0 Å². The second kappa shape index (κ2) is 9.99. The van der Waals surface area contributed by atoms with E-state index in [0.29, 0.717) is 44.7 Å². The van der Waals surface area contributed by atoms with Crippen LogP contribution in [0.25, 0.3) is 0 Å². The van der Waals surface area contributed by atoms with E-state index in [9.17, 15) is 13.6 Å². The Morgan fingerprint density at radius 1 is 1.03 bits per heavy atom. The summed E-state index contributed by atoms with van der Waals surface area (Å²) in [7, 11) is 0. The predicted octanol–water partition coefficient (Wildman–Crippen LogP) is 3.42. The molecule has 0 aliphatic carbocycles. The molecule has 168 valence electrons. The van der Waals surface area contributed by atoms with Crippen LogP contribution < -0.4 is 5.32 Å². The van der Waals surface area contributed by atoms with Gasteiger partial charge in [0.1, 0.15) is 17.5 Å². The van der Waals surface area contributed by atoms with Crippen LogP contribution in [0.3, 0.4) is 0 Å². The maximum Gasteiger partial charge on any atom is 0.220 e. The molecule has 2 heterocycles. The van der Waals surface area contributed by atoms with Crippen LogP contribution in [-0.2, 0) is 30.7 Å². The molecule has 8 heteroatoms. The highest BCUT2D eigenvalue weighted by atomic mass is 19.1. The van der Waals surface area contributed by atoms with Crippen molar-refractivity contribution < 1.29 is 13.6 Å². The van der Waals surface area contributed by atoms with Crippen molar-refractivity contribution in [1.82, 2.24) is 25.0 Å². The summed E-state index contributed by atoms with van der Waals surface area (Å²) in [6.07, 6.45) is 1.70. The summed E-state index contributed by atoms with van der Waals surface area (Å²) < 4.78 is 30.1. The van der Waals surface area contributed by atoms with Crippen LogP contribution in [0.4, 0.5) is 8.78 Å². The van der Waals surface area contributed by atoms with Crippen LogP contribution in [0, 0.1) is 11.6 Å². The average molecular weight is 440 g/mol. The Morgan fingerprint density at radius 2 is 1.78 bits per heavy atom. The number of fused-ring (bicyclic) bond motifs is 1. The number of nitrogens with one attached hydrogen (secondary N) is 1. The summed E-state index contributed by atoms with van der Waals surface area (Å²) in [5.41, 5.74) is 1.21. The first kappa shape index (κ1) is 22.1. The molecular formula is C24H27F2N5O. The Bertz CT molecular complexity index is 1050. The number of carbonyl (C=O) groups is 1. The van der Waals surface area contributed by atoms with Crippen molar-refractivity contribution in [3.05, 3.63) is 82.9 Å². The number of nitrogens with zero attached hydrogens (tertiary/aromatic N) is 4. The fourth-order valence-corrected chi connectivity index (χ4v) is 4.06.